The van der Waals surface area contributed by atoms with Crippen LogP contribution >= 0.6 is 0 Å². The molecule has 0 bridgehead atoms. The van der Waals surface area contributed by atoms with Crippen LogP contribution in [0.2, 0.25) is 0 Å². The van der Waals surface area contributed by atoms with Crippen LogP contribution in [0.25, 0.3) is 0 Å². The van der Waals surface area contributed by atoms with Crippen LogP contribution in [0.3, 0.4) is 0 Å². The monoisotopic (exact) mass is 244 g/mol. The first kappa shape index (κ1) is 12.8. The van der Waals surface area contributed by atoms with Gasteiger partial charge in [0.05, 0.1) is 0 Å². The molecule has 3 heteroatoms. The fourth-order valence-corrected chi connectivity index (χ4v) is 2.06. The Morgan fingerprint density at radius 3 is 2.50 bits per heavy atom. The summed E-state index contributed by atoms with van der Waals surface area (Å²) in [5.74, 6) is 0. The Balaban J connectivity index is 1.98. The van der Waals surface area contributed by atoms with Crippen molar-refractivity contribution in [3.8, 4) is 0 Å². The smallest absolute Gasteiger partial charge is 0.245 e. The maximum Gasteiger partial charge on any atom is 0.245 e. The van der Waals surface area contributed by atoms with Crippen molar-refractivity contribution in [2.45, 2.75) is 27.1 Å². The van der Waals surface area contributed by atoms with Gasteiger partial charge in [0, 0.05) is 0 Å². The van der Waals surface area contributed by atoms with Gasteiger partial charge in [0.1, 0.15) is 25.6 Å². The second-order valence-corrected chi connectivity index (χ2v) is 4.53. The molecule has 0 aliphatic carbocycles. The molecule has 1 aromatic carbocycles. The summed E-state index contributed by atoms with van der Waals surface area (Å²) >= 11 is 0. The molecule has 2 aromatic rings. The largest absolute Gasteiger partial charge is 0.268 e. The predicted molar refractivity (Wildman–Crippen MR) is 73.1 cm³/mol. The van der Waals surface area contributed by atoms with Gasteiger partial charge in [-0.05, 0) is 18.7 Å². The summed E-state index contributed by atoms with van der Waals surface area (Å²) in [5.41, 5.74) is 1.34. The number of hydrogen-bond donors (Lipinski definition) is 0. The zero-order chi connectivity index (χ0) is 12.8. The lowest BCUT2D eigenvalue weighted by atomic mass is 10.2. The van der Waals surface area contributed by atoms with Crippen LogP contribution in [-0.2, 0) is 13.2 Å². The Morgan fingerprint density at radius 1 is 1.11 bits per heavy atom. The molecule has 1 aromatic heterocycles. The van der Waals surface area contributed by atoms with Gasteiger partial charge in [-0.3, -0.25) is 4.90 Å². The Labute approximate surface area is 109 Å². The average Bonchev–Trinajstić information content (AvgIpc) is 2.84. The van der Waals surface area contributed by atoms with E-state index in [4.69, 9.17) is 0 Å². The quantitative estimate of drug-likeness (QED) is 0.709. The van der Waals surface area contributed by atoms with Crippen molar-refractivity contribution in [1.82, 2.24) is 9.47 Å². The number of rotatable bonds is 6. The molecule has 0 N–H and O–H groups in total. The lowest BCUT2D eigenvalue weighted by molar-refractivity contribution is -0.687. The summed E-state index contributed by atoms with van der Waals surface area (Å²) < 4.78 is 4.45. The first-order chi connectivity index (χ1) is 8.81. The van der Waals surface area contributed by atoms with Crippen LogP contribution in [0, 0.1) is 0 Å². The maximum atomic E-state index is 2.40. The second kappa shape index (κ2) is 6.36. The summed E-state index contributed by atoms with van der Waals surface area (Å²) in [6.07, 6.45) is 6.45. The molecule has 0 radical (unpaired) electrons. The minimum absolute atomic E-state index is 0.937. The SMILES string of the molecule is CCN(CC)Cn1cc[n+](Cc2ccccc2)c1. The van der Waals surface area contributed by atoms with Gasteiger partial charge in [0.15, 0.2) is 0 Å². The van der Waals surface area contributed by atoms with E-state index in [9.17, 15) is 0 Å². The van der Waals surface area contributed by atoms with E-state index in [1.165, 1.54) is 5.56 Å². The summed E-state index contributed by atoms with van der Waals surface area (Å²) in [6, 6.07) is 10.6. The van der Waals surface area contributed by atoms with Crippen molar-refractivity contribution in [3.63, 3.8) is 0 Å². The fourth-order valence-electron chi connectivity index (χ4n) is 2.06. The van der Waals surface area contributed by atoms with Crippen molar-refractivity contribution in [1.29, 1.82) is 0 Å². The Bertz CT molecular complexity index is 458. The summed E-state index contributed by atoms with van der Waals surface area (Å²) in [5, 5.41) is 0. The average molecular weight is 244 g/mol. The van der Waals surface area contributed by atoms with Gasteiger partial charge in [-0.1, -0.05) is 44.2 Å². The third kappa shape index (κ3) is 3.44. The van der Waals surface area contributed by atoms with Gasteiger partial charge in [0.25, 0.3) is 0 Å². The van der Waals surface area contributed by atoms with Crippen LogP contribution in [-0.4, -0.2) is 22.6 Å². The molecule has 0 fully saturated rings. The van der Waals surface area contributed by atoms with Gasteiger partial charge < -0.3 is 0 Å². The Kier molecular flexibility index (Phi) is 4.53. The second-order valence-electron chi connectivity index (χ2n) is 4.53. The van der Waals surface area contributed by atoms with Crippen molar-refractivity contribution >= 4 is 0 Å². The molecule has 2 rings (SSSR count). The maximum absolute atomic E-state index is 2.40. The highest BCUT2D eigenvalue weighted by Gasteiger charge is 2.07. The van der Waals surface area contributed by atoms with E-state index >= 15 is 0 Å². The van der Waals surface area contributed by atoms with Crippen LogP contribution in [0.4, 0.5) is 0 Å². The molecular weight excluding hydrogens is 222 g/mol. The van der Waals surface area contributed by atoms with Gasteiger partial charge in [0.2, 0.25) is 6.33 Å². The van der Waals surface area contributed by atoms with E-state index in [2.05, 4.69) is 76.9 Å². The van der Waals surface area contributed by atoms with E-state index in [0.717, 1.165) is 26.3 Å². The molecule has 0 saturated carbocycles. The molecule has 3 nitrogen and oxygen atoms in total. The molecule has 0 unspecified atom stereocenters. The molecule has 1 heterocycles. The standard InChI is InChI=1S/C15H22N3/c1-3-16(4-2)13-18-11-10-17(14-18)12-15-8-6-5-7-9-15/h5-11,14H,3-4,12-13H2,1-2H3/q+1. The molecule has 0 spiro atoms. The van der Waals surface area contributed by atoms with E-state index in [-0.39, 0.29) is 0 Å². The first-order valence-electron chi connectivity index (χ1n) is 6.63. The summed E-state index contributed by atoms with van der Waals surface area (Å²) in [7, 11) is 0. The van der Waals surface area contributed by atoms with E-state index in [1.807, 2.05) is 0 Å². The lowest BCUT2D eigenvalue weighted by Gasteiger charge is -2.14. The lowest BCUT2D eigenvalue weighted by Crippen LogP contribution is -2.32. The molecule has 0 saturated heterocycles. The Morgan fingerprint density at radius 2 is 1.83 bits per heavy atom. The number of hydrogen-bond acceptors (Lipinski definition) is 1. The van der Waals surface area contributed by atoms with Crippen molar-refractivity contribution < 1.29 is 4.57 Å². The molecule has 18 heavy (non-hydrogen) atoms. The number of imidazole rings is 1. The zero-order valence-corrected chi connectivity index (χ0v) is 11.3. The highest BCUT2D eigenvalue weighted by Crippen LogP contribution is 1.98. The molecular formula is C15H22N3+. The topological polar surface area (TPSA) is 12.1 Å². The highest BCUT2D eigenvalue weighted by atomic mass is 15.3. The molecule has 96 valence electrons. The van der Waals surface area contributed by atoms with Gasteiger partial charge in [-0.2, -0.15) is 0 Å². The van der Waals surface area contributed by atoms with Crippen molar-refractivity contribution in [2.75, 3.05) is 13.1 Å². The first-order valence-corrected chi connectivity index (χ1v) is 6.63. The third-order valence-electron chi connectivity index (χ3n) is 3.21. The van der Waals surface area contributed by atoms with Crippen LogP contribution < -0.4 is 4.57 Å². The normalized spacial score (nSPS) is 11.1. The fraction of sp³-hybridized carbons (Fsp3) is 0.400. The molecule has 0 aliphatic rings. The van der Waals surface area contributed by atoms with Crippen LogP contribution in [0.5, 0.6) is 0 Å². The van der Waals surface area contributed by atoms with E-state index in [1.54, 1.807) is 0 Å². The number of benzene rings is 1. The minimum atomic E-state index is 0.937. The van der Waals surface area contributed by atoms with Gasteiger partial charge in [-0.15, -0.1) is 0 Å². The Hall–Kier alpha value is -1.61. The number of nitrogens with zero attached hydrogens (tertiary/aromatic N) is 3. The number of aromatic nitrogens is 2. The van der Waals surface area contributed by atoms with Gasteiger partial charge >= 0.3 is 0 Å². The highest BCUT2D eigenvalue weighted by molar-refractivity contribution is 5.13. The summed E-state index contributed by atoms with van der Waals surface area (Å²) in [6.45, 7) is 8.48. The van der Waals surface area contributed by atoms with Crippen LogP contribution in [0.1, 0.15) is 19.4 Å². The minimum Gasteiger partial charge on any atom is -0.268 e. The van der Waals surface area contributed by atoms with Gasteiger partial charge in [-0.25, -0.2) is 9.13 Å². The molecule has 0 aliphatic heterocycles. The molecule has 0 atom stereocenters. The predicted octanol–water partition coefficient (Wildman–Crippen LogP) is 2.12. The van der Waals surface area contributed by atoms with E-state index in [0.29, 0.717) is 0 Å². The van der Waals surface area contributed by atoms with Crippen molar-refractivity contribution in [2.24, 2.45) is 0 Å². The molecule has 0 amide bonds. The zero-order valence-electron chi connectivity index (χ0n) is 11.3. The summed E-state index contributed by atoms with van der Waals surface area (Å²) in [4.78, 5) is 2.40. The third-order valence-corrected chi connectivity index (χ3v) is 3.21. The van der Waals surface area contributed by atoms with Crippen molar-refractivity contribution in [3.05, 3.63) is 54.6 Å². The van der Waals surface area contributed by atoms with E-state index < -0.39 is 0 Å². The van der Waals surface area contributed by atoms with Crippen LogP contribution in [0.15, 0.2) is 49.1 Å².